The van der Waals surface area contributed by atoms with E-state index in [-0.39, 0.29) is 27.9 Å². The third-order valence-electron chi connectivity index (χ3n) is 5.16. The summed E-state index contributed by atoms with van der Waals surface area (Å²) in [6, 6.07) is 14.7. The van der Waals surface area contributed by atoms with Crippen molar-refractivity contribution in [2.75, 3.05) is 5.32 Å². The summed E-state index contributed by atoms with van der Waals surface area (Å²) in [5.41, 5.74) is 1.69. The summed E-state index contributed by atoms with van der Waals surface area (Å²) in [5.74, 6) is -1.20. The van der Waals surface area contributed by atoms with Crippen molar-refractivity contribution in [3.63, 3.8) is 0 Å². The second-order valence-corrected chi connectivity index (χ2v) is 9.24. The number of rotatable bonds is 4. The molecule has 0 bridgehead atoms. The number of hydrogen-bond donors (Lipinski definition) is 3. The maximum Gasteiger partial charge on any atom is 0.272 e. The summed E-state index contributed by atoms with van der Waals surface area (Å²) in [4.78, 5) is 13.2. The number of anilines is 1. The van der Waals surface area contributed by atoms with Gasteiger partial charge in [-0.05, 0) is 30.2 Å². The van der Waals surface area contributed by atoms with Gasteiger partial charge in [0.1, 0.15) is 27.5 Å². The number of amides is 1. The molecule has 0 fully saturated rings. The van der Waals surface area contributed by atoms with Crippen LogP contribution in [0.25, 0.3) is 6.08 Å². The molecule has 0 saturated heterocycles. The largest absolute Gasteiger partial charge is 0.345 e. The molecule has 2 aromatic carbocycles. The Morgan fingerprint density at radius 3 is 2.78 bits per heavy atom. The summed E-state index contributed by atoms with van der Waals surface area (Å²) in [7, 11) is -1.75. The Bertz CT molecular complexity index is 1370. The molecule has 3 aromatic rings. The number of hydrogen-bond acceptors (Lipinski definition) is 4. The number of carbonyl (C=O) groups is 1. The summed E-state index contributed by atoms with van der Waals surface area (Å²) < 4.78 is 39.6. The molecule has 1 aliphatic heterocycles. The third kappa shape index (κ3) is 4.19. The Balaban J connectivity index is 1.67. The number of halogens is 1. The number of fused-ring (bicyclic) bond motifs is 1. The first kappa shape index (κ1) is 21.5. The Kier molecular flexibility index (Phi) is 5.65. The van der Waals surface area contributed by atoms with Gasteiger partial charge in [0.05, 0.1) is 10.5 Å². The summed E-state index contributed by atoms with van der Waals surface area (Å²) in [6.07, 6.45) is 5.55. The minimum atomic E-state index is -3.38. The van der Waals surface area contributed by atoms with Crippen LogP contribution in [0, 0.1) is 21.9 Å². The van der Waals surface area contributed by atoms with Crippen LogP contribution >= 0.6 is 0 Å². The minimum absolute atomic E-state index is 0.185. The van der Waals surface area contributed by atoms with Gasteiger partial charge in [0.25, 0.3) is 5.91 Å². The molecule has 1 aromatic heterocycles. The molecule has 7 nitrogen and oxygen atoms in total. The maximum atomic E-state index is 13.6. The van der Waals surface area contributed by atoms with Crippen molar-refractivity contribution in [2.24, 2.45) is 7.05 Å². The molecule has 1 aliphatic rings. The van der Waals surface area contributed by atoms with Gasteiger partial charge in [0.2, 0.25) is 0 Å². The molecule has 0 aliphatic carbocycles. The van der Waals surface area contributed by atoms with E-state index in [1.54, 1.807) is 25.3 Å². The van der Waals surface area contributed by atoms with Crippen LogP contribution in [-0.2, 0) is 23.4 Å². The van der Waals surface area contributed by atoms with E-state index in [1.807, 2.05) is 30.3 Å². The molecule has 2 heterocycles. The zero-order valence-corrected chi connectivity index (χ0v) is 17.9. The molecule has 2 atom stereocenters. The van der Waals surface area contributed by atoms with Crippen LogP contribution in [-0.4, -0.2) is 20.7 Å². The van der Waals surface area contributed by atoms with Crippen molar-refractivity contribution in [3.8, 4) is 6.07 Å². The highest BCUT2D eigenvalue weighted by molar-refractivity contribution is 7.90. The molecule has 4 rings (SSSR count). The van der Waals surface area contributed by atoms with Gasteiger partial charge in [-0.15, -0.1) is 0 Å². The van der Waals surface area contributed by atoms with Crippen LogP contribution in [0.1, 0.15) is 27.2 Å². The molecule has 162 valence electrons. The lowest BCUT2D eigenvalue weighted by Crippen LogP contribution is -2.33. The average Bonchev–Trinajstić information content (AvgIpc) is 3.05. The normalized spacial score (nSPS) is 19.6. The van der Waals surface area contributed by atoms with Crippen molar-refractivity contribution in [1.29, 1.82) is 10.0 Å². The first-order chi connectivity index (χ1) is 15.3. The number of aromatic nitrogens is 1. The van der Waals surface area contributed by atoms with Gasteiger partial charge >= 0.3 is 0 Å². The summed E-state index contributed by atoms with van der Waals surface area (Å²) in [5, 5.41) is 11.7. The molecule has 32 heavy (non-hydrogen) atoms. The molecule has 0 spiro atoms. The van der Waals surface area contributed by atoms with E-state index in [1.165, 1.54) is 22.9 Å². The van der Waals surface area contributed by atoms with Crippen molar-refractivity contribution in [3.05, 3.63) is 89.0 Å². The monoisotopic (exact) mass is 449 g/mol. The SMILES string of the molecule is Cn1cc2c(c1C(=O)Nc1ccc(F)c(C#N)c1)C=C[C@@H](Cc1ccccc1)NS2(=N)=O. The lowest BCUT2D eigenvalue weighted by atomic mass is 10.1. The van der Waals surface area contributed by atoms with Gasteiger partial charge in [0.15, 0.2) is 0 Å². The molecular formula is C23H20FN5O2S. The average molecular weight is 450 g/mol. The number of carbonyl (C=O) groups excluding carboxylic acids is 1. The molecule has 0 saturated carbocycles. The van der Waals surface area contributed by atoms with E-state index in [4.69, 9.17) is 10.0 Å². The van der Waals surface area contributed by atoms with Crippen LogP contribution in [0.2, 0.25) is 0 Å². The number of nitrogens with zero attached hydrogens (tertiary/aromatic N) is 2. The highest BCUT2D eigenvalue weighted by Crippen LogP contribution is 2.28. The highest BCUT2D eigenvalue weighted by Gasteiger charge is 2.28. The summed E-state index contributed by atoms with van der Waals surface area (Å²) in [6.45, 7) is 0. The predicted molar refractivity (Wildman–Crippen MR) is 120 cm³/mol. The predicted octanol–water partition coefficient (Wildman–Crippen LogP) is 3.84. The van der Waals surface area contributed by atoms with Crippen LogP contribution in [0.4, 0.5) is 10.1 Å². The Morgan fingerprint density at radius 1 is 1.31 bits per heavy atom. The fourth-order valence-corrected chi connectivity index (χ4v) is 5.17. The number of aryl methyl sites for hydroxylation is 1. The topological polar surface area (TPSA) is 111 Å². The standard InChI is InChI=1S/C23H20FN5O2S/c1-29-14-21-19(22(29)23(30)27-17-8-10-20(24)16(12-17)13-25)9-7-18(28-32(21,26)31)11-15-5-3-2-4-6-15/h2-10,12,14,18H,11H2,1H3,(H,27,30)(H2,26,28,31)/t18-,32?/m0/s1. The van der Waals surface area contributed by atoms with Crippen LogP contribution < -0.4 is 10.0 Å². The van der Waals surface area contributed by atoms with Gasteiger partial charge in [0, 0.05) is 30.5 Å². The summed E-state index contributed by atoms with van der Waals surface area (Å²) >= 11 is 0. The number of benzene rings is 2. The second-order valence-electron chi connectivity index (χ2n) is 7.46. The molecule has 3 N–H and O–H groups in total. The molecule has 0 radical (unpaired) electrons. The van der Waals surface area contributed by atoms with E-state index in [0.29, 0.717) is 12.0 Å². The first-order valence-corrected chi connectivity index (χ1v) is 11.3. The van der Waals surface area contributed by atoms with Gasteiger partial charge in [-0.3, -0.25) is 4.79 Å². The molecule has 9 heteroatoms. The quantitative estimate of drug-likeness (QED) is 0.563. The van der Waals surface area contributed by atoms with E-state index in [0.717, 1.165) is 11.6 Å². The van der Waals surface area contributed by atoms with Gasteiger partial charge in [-0.2, -0.15) is 5.26 Å². The first-order valence-electron chi connectivity index (χ1n) is 9.77. The number of nitrogens with one attached hydrogen (secondary N) is 3. The van der Waals surface area contributed by atoms with E-state index in [2.05, 4.69) is 10.0 Å². The zero-order valence-electron chi connectivity index (χ0n) is 17.1. The Hall–Kier alpha value is -3.74. The Labute approximate surface area is 185 Å². The van der Waals surface area contributed by atoms with Crippen LogP contribution in [0.5, 0.6) is 0 Å². The third-order valence-corrected chi connectivity index (χ3v) is 6.74. The van der Waals surface area contributed by atoms with Gasteiger partial charge in [-0.25, -0.2) is 18.1 Å². The second kappa shape index (κ2) is 8.42. The van der Waals surface area contributed by atoms with Crippen molar-refractivity contribution < 1.29 is 13.4 Å². The highest BCUT2D eigenvalue weighted by atomic mass is 32.2. The van der Waals surface area contributed by atoms with Crippen molar-refractivity contribution in [1.82, 2.24) is 9.29 Å². The van der Waals surface area contributed by atoms with Crippen LogP contribution in [0.15, 0.2) is 65.7 Å². The zero-order chi connectivity index (χ0) is 22.9. The van der Waals surface area contributed by atoms with Gasteiger partial charge in [-0.1, -0.05) is 42.5 Å². The van der Waals surface area contributed by atoms with E-state index in [9.17, 15) is 13.4 Å². The Morgan fingerprint density at radius 2 is 2.06 bits per heavy atom. The lowest BCUT2D eigenvalue weighted by Gasteiger charge is -2.15. The lowest BCUT2D eigenvalue weighted by molar-refractivity contribution is 0.101. The fourth-order valence-electron chi connectivity index (χ4n) is 3.67. The van der Waals surface area contributed by atoms with Crippen molar-refractivity contribution >= 4 is 27.6 Å². The maximum absolute atomic E-state index is 13.6. The van der Waals surface area contributed by atoms with Crippen LogP contribution in [0.3, 0.4) is 0 Å². The smallest absolute Gasteiger partial charge is 0.272 e. The molecular weight excluding hydrogens is 429 g/mol. The fraction of sp³-hybridized carbons (Fsp3) is 0.130. The molecule has 1 unspecified atom stereocenters. The van der Waals surface area contributed by atoms with Gasteiger partial charge < -0.3 is 9.88 Å². The van der Waals surface area contributed by atoms with Crippen molar-refractivity contribution in [2.45, 2.75) is 17.4 Å². The molecule has 1 amide bonds. The van der Waals surface area contributed by atoms with E-state index < -0.39 is 21.6 Å². The number of nitriles is 1. The van der Waals surface area contributed by atoms with E-state index >= 15 is 0 Å². The minimum Gasteiger partial charge on any atom is -0.345 e.